The molecule has 0 radical (unpaired) electrons. The van der Waals surface area contributed by atoms with Crippen LogP contribution in [0.15, 0.2) is 6.07 Å². The Morgan fingerprint density at radius 3 is 2.71 bits per heavy atom. The Morgan fingerprint density at radius 1 is 1.50 bits per heavy atom. The van der Waals surface area contributed by atoms with Gasteiger partial charge in [-0.15, -0.1) is 11.6 Å². The molecular formula is C11H19ClN2. The van der Waals surface area contributed by atoms with Crippen molar-refractivity contribution in [3.8, 4) is 0 Å². The van der Waals surface area contributed by atoms with Gasteiger partial charge in [0.25, 0.3) is 0 Å². The average molecular weight is 215 g/mol. The van der Waals surface area contributed by atoms with Crippen molar-refractivity contribution in [3.63, 3.8) is 0 Å². The van der Waals surface area contributed by atoms with E-state index in [-0.39, 0.29) is 0 Å². The van der Waals surface area contributed by atoms with Crippen LogP contribution in [0.4, 0.5) is 0 Å². The first kappa shape index (κ1) is 11.6. The number of aryl methyl sites for hydroxylation is 2. The zero-order valence-corrected chi connectivity index (χ0v) is 10.0. The van der Waals surface area contributed by atoms with E-state index in [1.54, 1.807) is 0 Å². The van der Waals surface area contributed by atoms with Gasteiger partial charge in [0.1, 0.15) is 0 Å². The lowest BCUT2D eigenvalue weighted by Gasteiger charge is -2.11. The lowest BCUT2D eigenvalue weighted by Crippen LogP contribution is -2.10. The van der Waals surface area contributed by atoms with Crippen LogP contribution < -0.4 is 0 Å². The molecule has 0 amide bonds. The third-order valence-electron chi connectivity index (χ3n) is 2.58. The molecule has 1 aromatic rings. The fourth-order valence-corrected chi connectivity index (χ4v) is 1.97. The van der Waals surface area contributed by atoms with E-state index in [2.05, 4.69) is 29.7 Å². The molecule has 0 saturated heterocycles. The van der Waals surface area contributed by atoms with Gasteiger partial charge in [0.05, 0.1) is 5.69 Å². The molecule has 0 saturated carbocycles. The molecule has 1 heterocycles. The first-order valence-corrected chi connectivity index (χ1v) is 5.84. The molecule has 0 aromatic carbocycles. The Bertz CT molecular complexity index is 277. The van der Waals surface area contributed by atoms with E-state index in [1.807, 2.05) is 6.92 Å². The molecule has 0 aliphatic heterocycles. The third kappa shape index (κ3) is 2.74. The lowest BCUT2D eigenvalue weighted by atomic mass is 10.0. The molecule has 0 bridgehead atoms. The number of rotatable bonds is 5. The SMILES string of the molecule is CCC(CCl)Cc1cc(C)nn1CC. The number of halogens is 1. The summed E-state index contributed by atoms with van der Waals surface area (Å²) in [6, 6.07) is 2.17. The fraction of sp³-hybridized carbons (Fsp3) is 0.727. The molecule has 1 aromatic heterocycles. The van der Waals surface area contributed by atoms with Crippen molar-refractivity contribution in [2.75, 3.05) is 5.88 Å². The van der Waals surface area contributed by atoms with Gasteiger partial charge in [0.2, 0.25) is 0 Å². The van der Waals surface area contributed by atoms with Crippen molar-refractivity contribution in [1.82, 2.24) is 9.78 Å². The summed E-state index contributed by atoms with van der Waals surface area (Å²) < 4.78 is 2.07. The van der Waals surface area contributed by atoms with Gasteiger partial charge in [0.15, 0.2) is 0 Å². The number of alkyl halides is 1. The molecule has 0 aliphatic carbocycles. The molecule has 1 unspecified atom stereocenters. The van der Waals surface area contributed by atoms with Crippen LogP contribution in [0.2, 0.25) is 0 Å². The highest BCUT2D eigenvalue weighted by Crippen LogP contribution is 2.14. The summed E-state index contributed by atoms with van der Waals surface area (Å²) >= 11 is 5.89. The molecule has 2 nitrogen and oxygen atoms in total. The highest BCUT2D eigenvalue weighted by molar-refractivity contribution is 6.18. The van der Waals surface area contributed by atoms with Crippen molar-refractivity contribution in [1.29, 1.82) is 0 Å². The van der Waals surface area contributed by atoms with E-state index in [1.165, 1.54) is 5.69 Å². The Kier molecular flexibility index (Phi) is 4.46. The molecule has 14 heavy (non-hydrogen) atoms. The van der Waals surface area contributed by atoms with Crippen LogP contribution in [0.5, 0.6) is 0 Å². The van der Waals surface area contributed by atoms with Gasteiger partial charge < -0.3 is 0 Å². The van der Waals surface area contributed by atoms with Crippen molar-refractivity contribution in [3.05, 3.63) is 17.5 Å². The maximum absolute atomic E-state index is 5.89. The Hall–Kier alpha value is -0.500. The van der Waals surface area contributed by atoms with E-state index in [0.717, 1.165) is 31.0 Å². The Morgan fingerprint density at radius 2 is 2.21 bits per heavy atom. The van der Waals surface area contributed by atoms with Gasteiger partial charge in [-0.1, -0.05) is 13.3 Å². The first-order chi connectivity index (χ1) is 6.71. The van der Waals surface area contributed by atoms with Crippen LogP contribution in [0.3, 0.4) is 0 Å². The monoisotopic (exact) mass is 214 g/mol. The minimum absolute atomic E-state index is 0.582. The van der Waals surface area contributed by atoms with Gasteiger partial charge in [-0.3, -0.25) is 4.68 Å². The Labute approximate surface area is 91.3 Å². The molecule has 0 aliphatic rings. The highest BCUT2D eigenvalue weighted by Gasteiger charge is 2.10. The smallest absolute Gasteiger partial charge is 0.0596 e. The van der Waals surface area contributed by atoms with Gasteiger partial charge in [-0.25, -0.2) is 0 Å². The predicted octanol–water partition coefficient (Wildman–Crippen LogP) is 3.02. The largest absolute Gasteiger partial charge is 0.270 e. The molecule has 1 atom stereocenters. The summed E-state index contributed by atoms with van der Waals surface area (Å²) in [5.74, 6) is 1.32. The summed E-state index contributed by atoms with van der Waals surface area (Å²) in [5.41, 5.74) is 2.42. The highest BCUT2D eigenvalue weighted by atomic mass is 35.5. The van der Waals surface area contributed by atoms with Crippen molar-refractivity contribution >= 4 is 11.6 Å². The quantitative estimate of drug-likeness (QED) is 0.689. The number of hydrogen-bond donors (Lipinski definition) is 0. The molecule has 1 rings (SSSR count). The van der Waals surface area contributed by atoms with Crippen LogP contribution in [0, 0.1) is 12.8 Å². The van der Waals surface area contributed by atoms with Gasteiger partial charge in [-0.05, 0) is 32.3 Å². The van der Waals surface area contributed by atoms with Crippen molar-refractivity contribution in [2.45, 2.75) is 40.2 Å². The topological polar surface area (TPSA) is 17.8 Å². The van der Waals surface area contributed by atoms with Gasteiger partial charge >= 0.3 is 0 Å². The molecule has 0 spiro atoms. The number of hydrogen-bond acceptors (Lipinski definition) is 1. The van der Waals surface area contributed by atoms with Crippen LogP contribution in [0.1, 0.15) is 31.7 Å². The minimum Gasteiger partial charge on any atom is -0.270 e. The molecule has 3 heteroatoms. The van der Waals surface area contributed by atoms with E-state index in [0.29, 0.717) is 5.92 Å². The molecule has 80 valence electrons. The summed E-state index contributed by atoms with van der Waals surface area (Å²) in [5, 5.41) is 4.42. The zero-order chi connectivity index (χ0) is 10.6. The van der Waals surface area contributed by atoms with Crippen molar-refractivity contribution < 1.29 is 0 Å². The summed E-state index contributed by atoms with van der Waals surface area (Å²) in [4.78, 5) is 0. The van der Waals surface area contributed by atoms with Crippen LogP contribution in [-0.2, 0) is 13.0 Å². The van der Waals surface area contributed by atoms with E-state index in [9.17, 15) is 0 Å². The van der Waals surface area contributed by atoms with Crippen LogP contribution >= 0.6 is 11.6 Å². The fourth-order valence-electron chi connectivity index (χ4n) is 1.64. The number of aromatic nitrogens is 2. The third-order valence-corrected chi connectivity index (χ3v) is 3.01. The second-order valence-corrected chi connectivity index (χ2v) is 4.03. The van der Waals surface area contributed by atoms with E-state index in [4.69, 9.17) is 11.6 Å². The maximum Gasteiger partial charge on any atom is 0.0596 e. The number of nitrogens with zero attached hydrogens (tertiary/aromatic N) is 2. The second-order valence-electron chi connectivity index (χ2n) is 3.73. The first-order valence-electron chi connectivity index (χ1n) is 5.30. The summed E-state index contributed by atoms with van der Waals surface area (Å²) in [6.45, 7) is 7.29. The second kappa shape index (κ2) is 5.40. The van der Waals surface area contributed by atoms with Crippen molar-refractivity contribution in [2.24, 2.45) is 5.92 Å². The molecule has 0 fully saturated rings. The van der Waals surface area contributed by atoms with Gasteiger partial charge in [0, 0.05) is 18.1 Å². The minimum atomic E-state index is 0.582. The molecular weight excluding hydrogens is 196 g/mol. The zero-order valence-electron chi connectivity index (χ0n) is 9.26. The Balaban J connectivity index is 2.73. The maximum atomic E-state index is 5.89. The van der Waals surface area contributed by atoms with Crippen LogP contribution in [0.25, 0.3) is 0 Å². The molecule has 0 N–H and O–H groups in total. The van der Waals surface area contributed by atoms with E-state index >= 15 is 0 Å². The average Bonchev–Trinajstić information content (AvgIpc) is 2.55. The normalized spacial score (nSPS) is 13.1. The summed E-state index contributed by atoms with van der Waals surface area (Å²) in [7, 11) is 0. The standard InChI is InChI=1S/C11H19ClN2/c1-4-10(8-12)7-11-6-9(3)13-14(11)5-2/h6,10H,4-5,7-8H2,1-3H3. The van der Waals surface area contributed by atoms with Gasteiger partial charge in [-0.2, -0.15) is 5.10 Å². The van der Waals surface area contributed by atoms with Crippen LogP contribution in [-0.4, -0.2) is 15.7 Å². The van der Waals surface area contributed by atoms with E-state index < -0.39 is 0 Å². The lowest BCUT2D eigenvalue weighted by molar-refractivity contribution is 0.521. The summed E-state index contributed by atoms with van der Waals surface area (Å²) in [6.07, 6.45) is 2.19. The predicted molar refractivity (Wildman–Crippen MR) is 60.8 cm³/mol.